The largest absolute Gasteiger partial charge is 0.368 e. The summed E-state index contributed by atoms with van der Waals surface area (Å²) in [5.41, 5.74) is 7.50. The first-order valence-corrected chi connectivity index (χ1v) is 4.79. The molecule has 1 unspecified atom stereocenters. The van der Waals surface area contributed by atoms with Crippen molar-refractivity contribution in [3.8, 4) is 0 Å². The summed E-state index contributed by atoms with van der Waals surface area (Å²) in [6.45, 7) is 4.40. The van der Waals surface area contributed by atoms with Crippen LogP contribution in [-0.2, 0) is 0 Å². The van der Waals surface area contributed by atoms with Crippen LogP contribution in [0.4, 0.5) is 0 Å². The van der Waals surface area contributed by atoms with E-state index in [-0.39, 0.29) is 17.4 Å². The molecule has 13 heavy (non-hydrogen) atoms. The zero-order valence-corrected chi connectivity index (χ0v) is 8.38. The molecule has 4 heteroatoms. The van der Waals surface area contributed by atoms with Gasteiger partial charge in [0.1, 0.15) is 0 Å². The molecule has 0 bridgehead atoms. The Morgan fingerprint density at radius 2 is 2.23 bits per heavy atom. The maximum absolute atomic E-state index is 8.53. The van der Waals surface area contributed by atoms with Crippen molar-refractivity contribution < 1.29 is 5.21 Å². The smallest absolute Gasteiger partial charge is 0.213 e. The molecule has 1 saturated carbocycles. The van der Waals surface area contributed by atoms with E-state index in [1.165, 1.54) is 19.3 Å². The van der Waals surface area contributed by atoms with Gasteiger partial charge in [-0.1, -0.05) is 26.7 Å². The van der Waals surface area contributed by atoms with E-state index in [2.05, 4.69) is 18.8 Å². The van der Waals surface area contributed by atoms with Gasteiger partial charge in [0.05, 0.1) is 6.04 Å². The molecule has 0 amide bonds. The molecule has 0 saturated heterocycles. The van der Waals surface area contributed by atoms with Gasteiger partial charge in [0.2, 0.25) is 5.96 Å². The predicted octanol–water partition coefficient (Wildman–Crippen LogP) is 1.25. The summed E-state index contributed by atoms with van der Waals surface area (Å²) in [6.07, 6.45) is 4.72. The fourth-order valence-corrected chi connectivity index (χ4v) is 1.91. The van der Waals surface area contributed by atoms with Gasteiger partial charge in [-0.05, 0) is 18.3 Å². The van der Waals surface area contributed by atoms with Crippen LogP contribution in [0.5, 0.6) is 0 Å². The van der Waals surface area contributed by atoms with E-state index >= 15 is 0 Å². The Hall–Kier alpha value is -0.770. The Labute approximate surface area is 79.2 Å². The van der Waals surface area contributed by atoms with Gasteiger partial charge in [0, 0.05) is 0 Å². The minimum absolute atomic E-state index is 0.125. The van der Waals surface area contributed by atoms with Gasteiger partial charge in [-0.25, -0.2) is 10.5 Å². The van der Waals surface area contributed by atoms with E-state index < -0.39 is 0 Å². The molecular formula is C9H19N3O. The third-order valence-corrected chi connectivity index (χ3v) is 2.86. The van der Waals surface area contributed by atoms with Crippen molar-refractivity contribution in [3.63, 3.8) is 0 Å². The molecule has 0 aromatic rings. The van der Waals surface area contributed by atoms with Gasteiger partial charge in [-0.2, -0.15) is 0 Å². The van der Waals surface area contributed by atoms with E-state index in [0.29, 0.717) is 0 Å². The predicted molar refractivity (Wildman–Crippen MR) is 52.6 cm³/mol. The van der Waals surface area contributed by atoms with Crippen molar-refractivity contribution in [2.45, 2.75) is 45.6 Å². The average Bonchev–Trinajstić information content (AvgIpc) is 2.08. The van der Waals surface area contributed by atoms with Crippen LogP contribution in [0.25, 0.3) is 0 Å². The maximum Gasteiger partial charge on any atom is 0.213 e. The molecule has 1 aliphatic rings. The van der Waals surface area contributed by atoms with Crippen molar-refractivity contribution in [2.75, 3.05) is 0 Å². The molecule has 0 heterocycles. The minimum atomic E-state index is 0.125. The molecule has 76 valence electrons. The standard InChI is InChI=1S/C9H19N3O/c1-9(2)6-4-3-5-7(9)11-8(10)12-13/h7,13H,3-6H2,1-2H3,(H3,10,11,12). The zero-order chi connectivity index (χ0) is 9.90. The van der Waals surface area contributed by atoms with Crippen LogP contribution in [-0.4, -0.2) is 17.2 Å². The highest BCUT2D eigenvalue weighted by molar-refractivity contribution is 5.76. The number of aliphatic imine (C=N–C) groups is 1. The second kappa shape index (κ2) is 3.96. The molecule has 4 nitrogen and oxygen atoms in total. The Kier molecular flexibility index (Phi) is 3.14. The van der Waals surface area contributed by atoms with Crippen LogP contribution in [0.3, 0.4) is 0 Å². The molecule has 1 fully saturated rings. The van der Waals surface area contributed by atoms with Crippen molar-refractivity contribution in [3.05, 3.63) is 0 Å². The molecule has 0 aromatic heterocycles. The summed E-state index contributed by atoms with van der Waals surface area (Å²) in [7, 11) is 0. The highest BCUT2D eigenvalue weighted by Crippen LogP contribution is 2.37. The summed E-state index contributed by atoms with van der Waals surface area (Å²) in [4.78, 5) is 4.24. The molecule has 4 N–H and O–H groups in total. The van der Waals surface area contributed by atoms with Crippen LogP contribution in [0, 0.1) is 5.41 Å². The molecule has 1 rings (SSSR count). The number of hydrogen-bond acceptors (Lipinski definition) is 2. The Balaban J connectivity index is 2.66. The lowest BCUT2D eigenvalue weighted by Gasteiger charge is -2.36. The average molecular weight is 185 g/mol. The van der Waals surface area contributed by atoms with Gasteiger partial charge in [-0.15, -0.1) is 0 Å². The fraction of sp³-hybridized carbons (Fsp3) is 0.889. The normalized spacial score (nSPS) is 28.5. The van der Waals surface area contributed by atoms with Gasteiger partial charge in [0.25, 0.3) is 0 Å². The number of hydroxylamine groups is 1. The number of nitrogens with zero attached hydrogens (tertiary/aromatic N) is 1. The van der Waals surface area contributed by atoms with Crippen molar-refractivity contribution in [1.29, 1.82) is 0 Å². The SMILES string of the molecule is CC1(C)CCCCC1N=C(N)NO. The molecule has 0 radical (unpaired) electrons. The van der Waals surface area contributed by atoms with E-state index in [1.807, 2.05) is 5.48 Å². The summed E-state index contributed by atoms with van der Waals surface area (Å²) < 4.78 is 0. The van der Waals surface area contributed by atoms with E-state index in [9.17, 15) is 0 Å². The fourth-order valence-electron chi connectivity index (χ4n) is 1.91. The number of nitrogens with one attached hydrogen (secondary N) is 1. The minimum Gasteiger partial charge on any atom is -0.368 e. The number of hydrogen-bond donors (Lipinski definition) is 3. The number of guanidine groups is 1. The zero-order valence-electron chi connectivity index (χ0n) is 8.38. The second-order valence-electron chi connectivity index (χ2n) is 4.38. The van der Waals surface area contributed by atoms with Crippen LogP contribution < -0.4 is 11.2 Å². The lowest BCUT2D eigenvalue weighted by Crippen LogP contribution is -2.37. The number of rotatable bonds is 1. The lowest BCUT2D eigenvalue weighted by atomic mass is 9.73. The first kappa shape index (κ1) is 10.3. The molecular weight excluding hydrogens is 166 g/mol. The monoisotopic (exact) mass is 185 g/mol. The summed E-state index contributed by atoms with van der Waals surface area (Å²) >= 11 is 0. The second-order valence-corrected chi connectivity index (χ2v) is 4.38. The Morgan fingerprint density at radius 1 is 1.54 bits per heavy atom. The van der Waals surface area contributed by atoms with Gasteiger partial charge < -0.3 is 5.73 Å². The summed E-state index contributed by atoms with van der Waals surface area (Å²) in [5, 5.41) is 8.53. The Morgan fingerprint density at radius 3 is 2.77 bits per heavy atom. The van der Waals surface area contributed by atoms with Crippen molar-refractivity contribution in [1.82, 2.24) is 5.48 Å². The molecule has 0 spiro atoms. The molecule has 0 aliphatic heterocycles. The van der Waals surface area contributed by atoms with E-state index in [4.69, 9.17) is 10.9 Å². The molecule has 1 aliphatic carbocycles. The third-order valence-electron chi connectivity index (χ3n) is 2.86. The lowest BCUT2D eigenvalue weighted by molar-refractivity contribution is 0.197. The van der Waals surface area contributed by atoms with Gasteiger partial charge >= 0.3 is 0 Å². The topological polar surface area (TPSA) is 70.6 Å². The summed E-state index contributed by atoms with van der Waals surface area (Å²) in [5.74, 6) is 0.125. The van der Waals surface area contributed by atoms with E-state index in [0.717, 1.165) is 6.42 Å². The van der Waals surface area contributed by atoms with Crippen molar-refractivity contribution >= 4 is 5.96 Å². The Bertz CT molecular complexity index is 201. The molecule has 0 aromatic carbocycles. The molecule has 1 atom stereocenters. The van der Waals surface area contributed by atoms with E-state index in [1.54, 1.807) is 0 Å². The summed E-state index contributed by atoms with van der Waals surface area (Å²) in [6, 6.07) is 0.237. The number of nitrogens with two attached hydrogens (primary N) is 1. The van der Waals surface area contributed by atoms with Crippen LogP contribution in [0.2, 0.25) is 0 Å². The van der Waals surface area contributed by atoms with Crippen molar-refractivity contribution in [2.24, 2.45) is 16.1 Å². The van der Waals surface area contributed by atoms with Crippen LogP contribution in [0.1, 0.15) is 39.5 Å². The highest BCUT2D eigenvalue weighted by Gasteiger charge is 2.31. The van der Waals surface area contributed by atoms with Gasteiger partial charge in [0.15, 0.2) is 0 Å². The maximum atomic E-state index is 8.53. The highest BCUT2D eigenvalue weighted by atomic mass is 16.5. The first-order valence-electron chi connectivity index (χ1n) is 4.79. The van der Waals surface area contributed by atoms with Crippen LogP contribution in [0.15, 0.2) is 4.99 Å². The van der Waals surface area contributed by atoms with Gasteiger partial charge in [-0.3, -0.25) is 5.21 Å². The quantitative estimate of drug-likeness (QED) is 0.327. The first-order chi connectivity index (χ1) is 6.06. The third kappa shape index (κ3) is 2.59. The van der Waals surface area contributed by atoms with Crippen LogP contribution >= 0.6 is 0 Å².